The predicted molar refractivity (Wildman–Crippen MR) is 95.3 cm³/mol. The monoisotopic (exact) mass is 328 g/mol. The molecule has 0 N–H and O–H groups in total. The summed E-state index contributed by atoms with van der Waals surface area (Å²) < 4.78 is 5.31. The summed E-state index contributed by atoms with van der Waals surface area (Å²) in [6, 6.07) is 8.20. The molecule has 130 valence electrons. The number of amides is 1. The van der Waals surface area contributed by atoms with Crippen LogP contribution in [-0.4, -0.2) is 44.1 Å². The van der Waals surface area contributed by atoms with Crippen LogP contribution in [-0.2, 0) is 4.79 Å². The molecule has 1 amide bonds. The van der Waals surface area contributed by atoms with Gasteiger partial charge in [-0.3, -0.25) is 4.79 Å². The molecule has 2 bridgehead atoms. The summed E-state index contributed by atoms with van der Waals surface area (Å²) in [5.41, 5.74) is 1.19. The molecule has 24 heavy (non-hydrogen) atoms. The maximum Gasteiger partial charge on any atom is 0.222 e. The van der Waals surface area contributed by atoms with Crippen LogP contribution in [0.4, 0.5) is 5.69 Å². The Labute approximate surface area is 144 Å². The molecule has 0 unspecified atom stereocenters. The number of ether oxygens (including phenoxy) is 1. The van der Waals surface area contributed by atoms with Crippen LogP contribution in [0.2, 0.25) is 0 Å². The Kier molecular flexibility index (Phi) is 4.38. The van der Waals surface area contributed by atoms with Crippen LogP contribution in [0.3, 0.4) is 0 Å². The lowest BCUT2D eigenvalue weighted by Crippen LogP contribution is -2.49. The Hall–Kier alpha value is -1.71. The predicted octanol–water partition coefficient (Wildman–Crippen LogP) is 3.17. The Morgan fingerprint density at radius 3 is 2.67 bits per heavy atom. The second-order valence-corrected chi connectivity index (χ2v) is 7.71. The van der Waals surface area contributed by atoms with Crippen LogP contribution in [0, 0.1) is 17.8 Å². The van der Waals surface area contributed by atoms with Gasteiger partial charge < -0.3 is 14.5 Å². The van der Waals surface area contributed by atoms with Crippen molar-refractivity contribution in [1.82, 2.24) is 4.90 Å². The van der Waals surface area contributed by atoms with E-state index in [2.05, 4.69) is 21.9 Å². The lowest BCUT2D eigenvalue weighted by Gasteiger charge is -2.37. The van der Waals surface area contributed by atoms with Crippen LogP contribution in [0.15, 0.2) is 24.3 Å². The zero-order chi connectivity index (χ0) is 16.5. The number of rotatable bonds is 4. The number of carbonyl (C=O) groups is 1. The number of methoxy groups -OCH3 is 1. The van der Waals surface area contributed by atoms with Gasteiger partial charge in [0.2, 0.25) is 5.91 Å². The molecule has 3 fully saturated rings. The summed E-state index contributed by atoms with van der Waals surface area (Å²) in [6.07, 6.45) is 6.27. The third-order valence-corrected chi connectivity index (χ3v) is 6.37. The van der Waals surface area contributed by atoms with Gasteiger partial charge in [0.25, 0.3) is 0 Å². The average Bonchev–Trinajstić information content (AvgIpc) is 3.25. The van der Waals surface area contributed by atoms with Crippen molar-refractivity contribution >= 4 is 11.6 Å². The van der Waals surface area contributed by atoms with E-state index in [1.165, 1.54) is 31.4 Å². The molecule has 0 spiro atoms. The second kappa shape index (κ2) is 6.66. The number of carbonyl (C=O) groups excluding carboxylic acids is 1. The maximum absolute atomic E-state index is 12.7. The topological polar surface area (TPSA) is 32.8 Å². The number of hydrogen-bond donors (Lipinski definition) is 0. The fourth-order valence-corrected chi connectivity index (χ4v) is 5.00. The Balaban J connectivity index is 1.30. The second-order valence-electron chi connectivity index (χ2n) is 7.71. The molecule has 4 heteroatoms. The van der Waals surface area contributed by atoms with Gasteiger partial charge in [0.15, 0.2) is 0 Å². The molecule has 0 aromatic heterocycles. The van der Waals surface area contributed by atoms with E-state index >= 15 is 0 Å². The minimum absolute atomic E-state index is 0.387. The summed E-state index contributed by atoms with van der Waals surface area (Å²) in [5.74, 6) is 3.72. The molecule has 2 aliphatic carbocycles. The van der Waals surface area contributed by atoms with Crippen molar-refractivity contribution in [2.75, 3.05) is 38.2 Å². The van der Waals surface area contributed by atoms with Crippen molar-refractivity contribution in [2.45, 2.75) is 32.1 Å². The van der Waals surface area contributed by atoms with Gasteiger partial charge in [-0.05, 0) is 49.1 Å². The number of piperazine rings is 1. The van der Waals surface area contributed by atoms with Gasteiger partial charge >= 0.3 is 0 Å². The fraction of sp³-hybridized carbons (Fsp3) is 0.650. The lowest BCUT2D eigenvalue weighted by molar-refractivity contribution is -0.132. The SMILES string of the molecule is COc1cccc(N2CCN(C(=O)C[C@@H]3C[C@H]4CC[C@H]3C4)CC2)c1. The zero-order valence-corrected chi connectivity index (χ0v) is 14.6. The molecule has 1 aromatic carbocycles. The van der Waals surface area contributed by atoms with Crippen LogP contribution < -0.4 is 9.64 Å². The smallest absolute Gasteiger partial charge is 0.222 e. The molecule has 0 radical (unpaired) electrons. The Bertz CT molecular complexity index is 595. The van der Waals surface area contributed by atoms with Crippen LogP contribution in [0.5, 0.6) is 5.75 Å². The first-order valence-electron chi connectivity index (χ1n) is 9.39. The van der Waals surface area contributed by atoms with Gasteiger partial charge in [0, 0.05) is 44.4 Å². The standard InChI is InChI=1S/C20H28N2O2/c1-24-19-4-2-3-18(14-19)21-7-9-22(10-8-21)20(23)13-17-12-15-5-6-16(17)11-15/h2-4,14-17H,5-13H2,1H3/t15-,16-,17-/m0/s1. The van der Waals surface area contributed by atoms with Crippen molar-refractivity contribution in [3.05, 3.63) is 24.3 Å². The van der Waals surface area contributed by atoms with Crippen LogP contribution in [0.1, 0.15) is 32.1 Å². The molecule has 1 aromatic rings. The van der Waals surface area contributed by atoms with E-state index in [9.17, 15) is 4.79 Å². The van der Waals surface area contributed by atoms with E-state index in [4.69, 9.17) is 4.74 Å². The largest absolute Gasteiger partial charge is 0.497 e. The summed E-state index contributed by atoms with van der Waals surface area (Å²) in [4.78, 5) is 17.1. The first-order chi connectivity index (χ1) is 11.7. The van der Waals surface area contributed by atoms with Gasteiger partial charge in [0.1, 0.15) is 5.75 Å². The normalized spacial score (nSPS) is 29.1. The highest BCUT2D eigenvalue weighted by molar-refractivity contribution is 5.77. The molecular weight excluding hydrogens is 300 g/mol. The average molecular weight is 328 g/mol. The highest BCUT2D eigenvalue weighted by Gasteiger charge is 2.40. The molecule has 1 saturated heterocycles. The van der Waals surface area contributed by atoms with Gasteiger partial charge in [-0.1, -0.05) is 12.5 Å². The van der Waals surface area contributed by atoms with Crippen molar-refractivity contribution in [3.63, 3.8) is 0 Å². The fourth-order valence-electron chi connectivity index (χ4n) is 5.00. The minimum atomic E-state index is 0.387. The molecule has 1 aliphatic heterocycles. The van der Waals surface area contributed by atoms with Crippen LogP contribution in [0.25, 0.3) is 0 Å². The Morgan fingerprint density at radius 2 is 2.00 bits per heavy atom. The third kappa shape index (κ3) is 3.11. The summed E-state index contributed by atoms with van der Waals surface area (Å²) >= 11 is 0. The van der Waals surface area contributed by atoms with Crippen molar-refractivity contribution in [3.8, 4) is 5.75 Å². The number of anilines is 1. The first kappa shape index (κ1) is 15.8. The molecule has 3 atom stereocenters. The van der Waals surface area contributed by atoms with E-state index in [0.29, 0.717) is 11.8 Å². The summed E-state index contributed by atoms with van der Waals surface area (Å²) in [5, 5.41) is 0. The van der Waals surface area contributed by atoms with E-state index in [-0.39, 0.29) is 0 Å². The highest BCUT2D eigenvalue weighted by atomic mass is 16.5. The number of hydrogen-bond acceptors (Lipinski definition) is 3. The maximum atomic E-state index is 12.7. The third-order valence-electron chi connectivity index (χ3n) is 6.37. The highest BCUT2D eigenvalue weighted by Crippen LogP contribution is 2.49. The summed E-state index contributed by atoms with van der Waals surface area (Å²) in [6.45, 7) is 3.51. The molecule has 1 heterocycles. The molecule has 3 aliphatic rings. The number of benzene rings is 1. The molecule has 4 rings (SSSR count). The van der Waals surface area contributed by atoms with Crippen molar-refractivity contribution in [2.24, 2.45) is 17.8 Å². The Morgan fingerprint density at radius 1 is 1.17 bits per heavy atom. The van der Waals surface area contributed by atoms with Crippen LogP contribution >= 0.6 is 0 Å². The number of fused-ring (bicyclic) bond motifs is 2. The lowest BCUT2D eigenvalue weighted by atomic mass is 9.86. The van der Waals surface area contributed by atoms with Crippen molar-refractivity contribution in [1.29, 1.82) is 0 Å². The number of nitrogens with zero attached hydrogens (tertiary/aromatic N) is 2. The quantitative estimate of drug-likeness (QED) is 0.851. The van der Waals surface area contributed by atoms with Crippen molar-refractivity contribution < 1.29 is 9.53 Å². The van der Waals surface area contributed by atoms with E-state index in [1.807, 2.05) is 12.1 Å². The zero-order valence-electron chi connectivity index (χ0n) is 14.6. The van der Waals surface area contributed by atoms with E-state index in [0.717, 1.165) is 50.2 Å². The first-order valence-corrected chi connectivity index (χ1v) is 9.39. The van der Waals surface area contributed by atoms with Gasteiger partial charge in [-0.15, -0.1) is 0 Å². The minimum Gasteiger partial charge on any atom is -0.497 e. The summed E-state index contributed by atoms with van der Waals surface area (Å²) in [7, 11) is 1.70. The van der Waals surface area contributed by atoms with E-state index in [1.54, 1.807) is 7.11 Å². The van der Waals surface area contributed by atoms with E-state index < -0.39 is 0 Å². The molecular formula is C20H28N2O2. The molecule has 2 saturated carbocycles. The van der Waals surface area contributed by atoms with Gasteiger partial charge in [-0.2, -0.15) is 0 Å². The molecule has 4 nitrogen and oxygen atoms in total. The van der Waals surface area contributed by atoms with Gasteiger partial charge in [-0.25, -0.2) is 0 Å². The van der Waals surface area contributed by atoms with Gasteiger partial charge in [0.05, 0.1) is 7.11 Å².